The number of methoxy groups -OCH3 is 1. The van der Waals surface area contributed by atoms with Crippen molar-refractivity contribution in [3.05, 3.63) is 80.7 Å². The number of para-hydroxylation sites is 1. The number of anilines is 1. The van der Waals surface area contributed by atoms with Crippen molar-refractivity contribution < 1.29 is 18.7 Å². The van der Waals surface area contributed by atoms with Gasteiger partial charge < -0.3 is 14.5 Å². The van der Waals surface area contributed by atoms with Gasteiger partial charge in [0.25, 0.3) is 0 Å². The number of amides is 1. The van der Waals surface area contributed by atoms with Crippen LogP contribution in [0.4, 0.5) is 5.69 Å². The molecule has 1 aliphatic rings. The molecule has 5 rings (SSSR count). The molecule has 156 valence electrons. The van der Waals surface area contributed by atoms with Gasteiger partial charge in [0.2, 0.25) is 11.7 Å². The van der Waals surface area contributed by atoms with Gasteiger partial charge in [0, 0.05) is 27.7 Å². The van der Waals surface area contributed by atoms with E-state index < -0.39 is 0 Å². The fourth-order valence-electron chi connectivity index (χ4n) is 3.79. The van der Waals surface area contributed by atoms with Gasteiger partial charge in [-0.05, 0) is 64.1 Å². The lowest BCUT2D eigenvalue weighted by Crippen LogP contribution is -2.16. The topological polar surface area (TPSA) is 68.5 Å². The molecule has 2 aromatic heterocycles. The number of benzene rings is 2. The van der Waals surface area contributed by atoms with Crippen molar-refractivity contribution >= 4 is 55.6 Å². The summed E-state index contributed by atoms with van der Waals surface area (Å²) < 4.78 is 11.8. The lowest BCUT2D eigenvalue weighted by Gasteiger charge is -2.07. The Morgan fingerprint density at radius 1 is 1.16 bits per heavy atom. The largest absolute Gasteiger partial charge is 0.496 e. The Morgan fingerprint density at radius 2 is 2.00 bits per heavy atom. The second-order valence-corrected chi connectivity index (χ2v) is 9.27. The predicted molar refractivity (Wildman–Crippen MR) is 124 cm³/mol. The molecule has 0 aliphatic heterocycles. The van der Waals surface area contributed by atoms with Gasteiger partial charge in [-0.25, -0.2) is 0 Å². The Bertz CT molecular complexity index is 1290. The van der Waals surface area contributed by atoms with E-state index >= 15 is 0 Å². The molecule has 0 spiro atoms. The number of carbonyl (C=O) groups is 2. The fourth-order valence-corrected chi connectivity index (χ4v) is 5.23. The standard InChI is InChI=1S/C24H18BrNO4S/c1-29-19-9-8-13(11-17(19)25)22(27)23-21(14-5-2-3-6-18(14)30-23)26-24(28)16-12-15(16)20-7-4-10-31-20/h2-11,15-16H,12H2,1H3,(H,26,28). The van der Waals surface area contributed by atoms with Crippen LogP contribution in [0, 0.1) is 5.92 Å². The number of rotatable bonds is 6. The zero-order chi connectivity index (χ0) is 21.5. The number of ketones is 1. The van der Waals surface area contributed by atoms with E-state index in [-0.39, 0.29) is 29.3 Å². The molecule has 2 unspecified atom stereocenters. The van der Waals surface area contributed by atoms with Gasteiger partial charge in [-0.15, -0.1) is 11.3 Å². The molecule has 1 N–H and O–H groups in total. The molecule has 2 heterocycles. The number of carbonyl (C=O) groups excluding carboxylic acids is 2. The molecule has 0 radical (unpaired) electrons. The van der Waals surface area contributed by atoms with Crippen LogP contribution in [0.15, 0.2) is 68.9 Å². The van der Waals surface area contributed by atoms with Crippen molar-refractivity contribution in [2.45, 2.75) is 12.3 Å². The maximum Gasteiger partial charge on any atom is 0.230 e. The highest BCUT2D eigenvalue weighted by molar-refractivity contribution is 9.10. The van der Waals surface area contributed by atoms with Gasteiger partial charge in [0.15, 0.2) is 5.76 Å². The van der Waals surface area contributed by atoms with Gasteiger partial charge in [0.1, 0.15) is 11.3 Å². The predicted octanol–water partition coefficient (Wildman–Crippen LogP) is 6.24. The molecule has 1 amide bonds. The Balaban J connectivity index is 1.48. The van der Waals surface area contributed by atoms with E-state index in [1.54, 1.807) is 42.7 Å². The highest BCUT2D eigenvalue weighted by Crippen LogP contribution is 2.50. The van der Waals surface area contributed by atoms with Crippen molar-refractivity contribution in [2.75, 3.05) is 12.4 Å². The summed E-state index contributed by atoms with van der Waals surface area (Å²) in [5, 5.41) is 5.72. The zero-order valence-corrected chi connectivity index (χ0v) is 19.0. The van der Waals surface area contributed by atoms with Gasteiger partial charge in [-0.2, -0.15) is 0 Å². The molecule has 1 aliphatic carbocycles. The van der Waals surface area contributed by atoms with Gasteiger partial charge in [0.05, 0.1) is 17.3 Å². The molecule has 31 heavy (non-hydrogen) atoms. The molecule has 5 nitrogen and oxygen atoms in total. The Morgan fingerprint density at radius 3 is 2.74 bits per heavy atom. The minimum absolute atomic E-state index is 0.0880. The lowest BCUT2D eigenvalue weighted by atomic mass is 10.1. The minimum Gasteiger partial charge on any atom is -0.496 e. The molecule has 0 bridgehead atoms. The van der Waals surface area contributed by atoms with E-state index in [0.717, 1.165) is 6.42 Å². The highest BCUT2D eigenvalue weighted by atomic mass is 79.9. The number of thiophene rings is 1. The SMILES string of the molecule is COc1ccc(C(=O)c2oc3ccccc3c2NC(=O)C2CC2c2cccs2)cc1Br. The first-order valence-electron chi connectivity index (χ1n) is 9.81. The van der Waals surface area contributed by atoms with E-state index in [9.17, 15) is 9.59 Å². The summed E-state index contributed by atoms with van der Waals surface area (Å²) in [6.07, 6.45) is 0.816. The molecular formula is C24H18BrNO4S. The summed E-state index contributed by atoms with van der Waals surface area (Å²) in [5.74, 6) is 0.513. The maximum atomic E-state index is 13.3. The number of hydrogen-bond donors (Lipinski definition) is 1. The average molecular weight is 496 g/mol. The first kappa shape index (κ1) is 20.0. The van der Waals surface area contributed by atoms with Crippen LogP contribution in [0.3, 0.4) is 0 Å². The number of hydrogen-bond acceptors (Lipinski definition) is 5. The Hall–Kier alpha value is -2.90. The second kappa shape index (κ2) is 7.98. The van der Waals surface area contributed by atoms with E-state index in [1.807, 2.05) is 29.6 Å². The maximum absolute atomic E-state index is 13.3. The third-order valence-corrected chi connectivity index (χ3v) is 7.12. The first-order chi connectivity index (χ1) is 15.1. The number of nitrogens with one attached hydrogen (secondary N) is 1. The normalized spacial score (nSPS) is 17.5. The smallest absolute Gasteiger partial charge is 0.230 e. The third kappa shape index (κ3) is 3.68. The summed E-state index contributed by atoms with van der Waals surface area (Å²) in [6.45, 7) is 0. The molecule has 1 saturated carbocycles. The summed E-state index contributed by atoms with van der Waals surface area (Å²) >= 11 is 5.09. The monoisotopic (exact) mass is 495 g/mol. The Kier molecular flexibility index (Phi) is 5.16. The van der Waals surface area contributed by atoms with E-state index in [4.69, 9.17) is 9.15 Å². The van der Waals surface area contributed by atoms with Gasteiger partial charge in [-0.3, -0.25) is 9.59 Å². The summed E-state index contributed by atoms with van der Waals surface area (Å²) in [6, 6.07) is 16.5. The van der Waals surface area contributed by atoms with Gasteiger partial charge >= 0.3 is 0 Å². The highest BCUT2D eigenvalue weighted by Gasteiger charge is 2.45. The average Bonchev–Trinajstić information content (AvgIpc) is 3.23. The van der Waals surface area contributed by atoms with Crippen LogP contribution in [-0.2, 0) is 4.79 Å². The van der Waals surface area contributed by atoms with E-state index in [2.05, 4.69) is 27.3 Å². The third-order valence-electron chi connectivity index (χ3n) is 5.50. The van der Waals surface area contributed by atoms with E-state index in [0.29, 0.717) is 32.4 Å². The molecule has 1 fully saturated rings. The number of fused-ring (bicyclic) bond motifs is 1. The quantitative estimate of drug-likeness (QED) is 0.321. The van der Waals surface area contributed by atoms with Crippen LogP contribution >= 0.6 is 27.3 Å². The van der Waals surface area contributed by atoms with Crippen molar-refractivity contribution in [3.63, 3.8) is 0 Å². The number of halogens is 1. The van der Waals surface area contributed by atoms with E-state index in [1.165, 1.54) is 4.88 Å². The molecular weight excluding hydrogens is 478 g/mol. The fraction of sp³-hybridized carbons (Fsp3) is 0.167. The van der Waals surface area contributed by atoms with Crippen molar-refractivity contribution in [1.82, 2.24) is 0 Å². The Labute approximate surface area is 191 Å². The van der Waals surface area contributed by atoms with Crippen LogP contribution < -0.4 is 10.1 Å². The summed E-state index contributed by atoms with van der Waals surface area (Å²) in [5.41, 5.74) is 1.42. The van der Waals surface area contributed by atoms with Crippen molar-refractivity contribution in [1.29, 1.82) is 0 Å². The number of furan rings is 1. The summed E-state index contributed by atoms with van der Waals surface area (Å²) in [4.78, 5) is 27.5. The number of ether oxygens (including phenoxy) is 1. The minimum atomic E-state index is -0.305. The van der Waals surface area contributed by atoms with Gasteiger partial charge in [-0.1, -0.05) is 18.2 Å². The van der Waals surface area contributed by atoms with Crippen molar-refractivity contribution in [3.8, 4) is 5.75 Å². The summed E-state index contributed by atoms with van der Waals surface area (Å²) in [7, 11) is 1.57. The molecule has 2 aromatic carbocycles. The second-order valence-electron chi connectivity index (χ2n) is 7.43. The van der Waals surface area contributed by atoms with Crippen LogP contribution in [0.2, 0.25) is 0 Å². The van der Waals surface area contributed by atoms with Crippen molar-refractivity contribution in [2.24, 2.45) is 5.92 Å². The van der Waals surface area contributed by atoms with Crippen LogP contribution in [0.5, 0.6) is 5.75 Å². The lowest BCUT2D eigenvalue weighted by molar-refractivity contribution is -0.117. The van der Waals surface area contributed by atoms with Crippen LogP contribution in [0.25, 0.3) is 11.0 Å². The molecule has 2 atom stereocenters. The van der Waals surface area contributed by atoms with Crippen LogP contribution in [-0.4, -0.2) is 18.8 Å². The zero-order valence-electron chi connectivity index (χ0n) is 16.6. The molecule has 4 aromatic rings. The molecule has 7 heteroatoms. The molecule has 0 saturated heterocycles. The van der Waals surface area contributed by atoms with Crippen LogP contribution in [0.1, 0.15) is 33.3 Å². The first-order valence-corrected chi connectivity index (χ1v) is 11.5.